The van der Waals surface area contributed by atoms with Crippen LogP contribution in [0.5, 0.6) is 0 Å². The van der Waals surface area contributed by atoms with Gasteiger partial charge in [-0.2, -0.15) is 0 Å². The molecule has 2 N–H and O–H groups in total. The normalized spacial score (nSPS) is 14.2. The minimum Gasteiger partial charge on any atom is -0.454 e. The smallest absolute Gasteiger partial charge is 0.338 e. The highest BCUT2D eigenvalue weighted by molar-refractivity contribution is 7.89. The zero-order valence-electron chi connectivity index (χ0n) is 14.8. The van der Waals surface area contributed by atoms with Gasteiger partial charge in [-0.15, -0.1) is 0 Å². The summed E-state index contributed by atoms with van der Waals surface area (Å²) in [4.78, 5) is 27.3. The van der Waals surface area contributed by atoms with Crippen molar-refractivity contribution in [1.82, 2.24) is 9.71 Å². The van der Waals surface area contributed by atoms with Gasteiger partial charge in [-0.25, -0.2) is 17.9 Å². The summed E-state index contributed by atoms with van der Waals surface area (Å²) >= 11 is 5.99. The van der Waals surface area contributed by atoms with Crippen molar-refractivity contribution >= 4 is 33.4 Å². The van der Waals surface area contributed by atoms with Crippen molar-refractivity contribution in [2.75, 3.05) is 6.61 Å². The van der Waals surface area contributed by atoms with Crippen LogP contribution in [-0.2, 0) is 14.8 Å². The maximum atomic E-state index is 12.4. The third-order valence-electron chi connectivity index (χ3n) is 4.14. The first-order valence-electron chi connectivity index (χ1n) is 8.36. The van der Waals surface area contributed by atoms with Gasteiger partial charge < -0.3 is 9.72 Å². The second-order valence-electron chi connectivity index (χ2n) is 6.53. The van der Waals surface area contributed by atoms with E-state index in [4.69, 9.17) is 16.3 Å². The minimum absolute atomic E-state index is 0.00495. The first-order chi connectivity index (χ1) is 12.7. The van der Waals surface area contributed by atoms with Crippen molar-refractivity contribution in [3.8, 4) is 0 Å². The number of Topliss-reactive ketones (excluding diaryl/α,β-unsaturated/α-hetero) is 1. The number of ketones is 1. The number of rotatable bonds is 7. The van der Waals surface area contributed by atoms with E-state index in [1.807, 2.05) is 6.92 Å². The first-order valence-corrected chi connectivity index (χ1v) is 10.2. The Morgan fingerprint density at radius 3 is 2.56 bits per heavy atom. The van der Waals surface area contributed by atoms with Crippen LogP contribution in [0.4, 0.5) is 0 Å². The summed E-state index contributed by atoms with van der Waals surface area (Å²) in [7, 11) is -3.82. The quantitative estimate of drug-likeness (QED) is 0.539. The average molecular weight is 411 g/mol. The molecule has 27 heavy (non-hydrogen) atoms. The van der Waals surface area contributed by atoms with Crippen molar-refractivity contribution < 1.29 is 22.7 Å². The lowest BCUT2D eigenvalue weighted by molar-refractivity contribution is 0.0474. The molecule has 0 radical (unpaired) electrons. The Hall–Kier alpha value is -2.16. The van der Waals surface area contributed by atoms with Gasteiger partial charge in [-0.1, -0.05) is 11.6 Å². The second kappa shape index (κ2) is 7.46. The third-order valence-corrected chi connectivity index (χ3v) is 6.14. The number of aromatic amines is 1. The molecule has 2 aromatic rings. The minimum atomic E-state index is -3.82. The zero-order valence-corrected chi connectivity index (χ0v) is 16.4. The van der Waals surface area contributed by atoms with E-state index in [0.29, 0.717) is 11.3 Å². The fraction of sp³-hybridized carbons (Fsp3) is 0.333. The Morgan fingerprint density at radius 2 is 1.96 bits per heavy atom. The molecule has 1 aromatic carbocycles. The molecule has 0 spiro atoms. The van der Waals surface area contributed by atoms with Crippen molar-refractivity contribution in [3.63, 3.8) is 0 Å². The van der Waals surface area contributed by atoms with E-state index in [-0.39, 0.29) is 27.3 Å². The average Bonchev–Trinajstić information content (AvgIpc) is 3.33. The number of halogens is 1. The molecule has 1 heterocycles. The zero-order chi connectivity index (χ0) is 19.8. The number of esters is 1. The van der Waals surface area contributed by atoms with E-state index in [2.05, 4.69) is 9.71 Å². The number of H-pyrrole nitrogens is 1. The standard InChI is InChI=1S/C18H19ClN2O5S/c1-10-7-14(11(2)20-10)16(22)9-26-18(23)12-3-6-15(19)17(8-12)27(24,25)21-13-4-5-13/h3,6-8,13,20-21H,4-5,9H2,1-2H3. The predicted molar refractivity (Wildman–Crippen MR) is 99.7 cm³/mol. The van der Waals surface area contributed by atoms with E-state index >= 15 is 0 Å². The van der Waals surface area contributed by atoms with Crippen LogP contribution in [0.1, 0.15) is 44.9 Å². The van der Waals surface area contributed by atoms with Crippen LogP contribution in [0.2, 0.25) is 5.02 Å². The van der Waals surface area contributed by atoms with Gasteiger partial charge in [0.2, 0.25) is 15.8 Å². The molecule has 0 aliphatic heterocycles. The van der Waals surface area contributed by atoms with Crippen LogP contribution in [0.3, 0.4) is 0 Å². The Labute approximate surface area is 162 Å². The monoisotopic (exact) mass is 410 g/mol. The van der Waals surface area contributed by atoms with Gasteiger partial charge in [0.1, 0.15) is 4.90 Å². The summed E-state index contributed by atoms with van der Waals surface area (Å²) in [5.74, 6) is -1.14. The Bertz CT molecular complexity index is 1010. The molecule has 144 valence electrons. The highest BCUT2D eigenvalue weighted by atomic mass is 35.5. The number of benzene rings is 1. The van der Waals surface area contributed by atoms with Gasteiger partial charge in [0.05, 0.1) is 10.6 Å². The van der Waals surface area contributed by atoms with Crippen LogP contribution in [0.25, 0.3) is 0 Å². The number of sulfonamides is 1. The number of carbonyl (C=O) groups is 2. The number of aromatic nitrogens is 1. The number of hydrogen-bond acceptors (Lipinski definition) is 5. The molecule has 1 fully saturated rings. The van der Waals surface area contributed by atoms with Crippen LogP contribution in [0, 0.1) is 13.8 Å². The summed E-state index contributed by atoms with van der Waals surface area (Å²) in [5, 5.41) is 0.00852. The summed E-state index contributed by atoms with van der Waals surface area (Å²) < 4.78 is 32.3. The van der Waals surface area contributed by atoms with Gasteiger partial charge in [-0.3, -0.25) is 4.79 Å². The van der Waals surface area contributed by atoms with Gasteiger partial charge in [0, 0.05) is 23.0 Å². The van der Waals surface area contributed by atoms with E-state index in [1.165, 1.54) is 12.1 Å². The molecule has 3 rings (SSSR count). The summed E-state index contributed by atoms with van der Waals surface area (Å²) in [6, 6.07) is 5.43. The largest absolute Gasteiger partial charge is 0.454 e. The lowest BCUT2D eigenvalue weighted by Crippen LogP contribution is -2.26. The SMILES string of the molecule is Cc1cc(C(=O)COC(=O)c2ccc(Cl)c(S(=O)(=O)NC3CC3)c2)c(C)[nH]1. The maximum Gasteiger partial charge on any atom is 0.338 e. The molecule has 0 unspecified atom stereocenters. The van der Waals surface area contributed by atoms with E-state index in [9.17, 15) is 18.0 Å². The van der Waals surface area contributed by atoms with Crippen molar-refractivity contribution in [2.24, 2.45) is 0 Å². The molecular formula is C18H19ClN2O5S. The van der Waals surface area contributed by atoms with Gasteiger partial charge in [0.25, 0.3) is 0 Å². The van der Waals surface area contributed by atoms with Gasteiger partial charge >= 0.3 is 5.97 Å². The van der Waals surface area contributed by atoms with Crippen LogP contribution in [0.15, 0.2) is 29.2 Å². The predicted octanol–water partition coefficient (Wildman–Crippen LogP) is 2.77. The molecule has 0 atom stereocenters. The molecule has 9 heteroatoms. The fourth-order valence-electron chi connectivity index (χ4n) is 2.63. The topological polar surface area (TPSA) is 105 Å². The molecular weight excluding hydrogens is 392 g/mol. The molecule has 0 amide bonds. The summed E-state index contributed by atoms with van der Waals surface area (Å²) in [5.41, 5.74) is 1.98. The maximum absolute atomic E-state index is 12.4. The summed E-state index contributed by atoms with van der Waals surface area (Å²) in [6.45, 7) is 3.13. The first kappa shape index (κ1) is 19.6. The molecule has 0 saturated heterocycles. The number of hydrogen-bond donors (Lipinski definition) is 2. The van der Waals surface area contributed by atoms with Crippen LogP contribution in [-0.4, -0.2) is 37.8 Å². The number of ether oxygens (including phenoxy) is 1. The van der Waals surface area contributed by atoms with Gasteiger partial charge in [0.15, 0.2) is 6.61 Å². The fourth-order valence-corrected chi connectivity index (χ4v) is 4.46. The highest BCUT2D eigenvalue weighted by Gasteiger charge is 2.30. The van der Waals surface area contributed by atoms with Crippen molar-refractivity contribution in [3.05, 3.63) is 51.8 Å². The molecule has 1 saturated carbocycles. The lowest BCUT2D eigenvalue weighted by Gasteiger charge is -2.09. The molecule has 0 bridgehead atoms. The van der Waals surface area contributed by atoms with E-state index in [1.54, 1.807) is 13.0 Å². The molecule has 1 aliphatic carbocycles. The van der Waals surface area contributed by atoms with Crippen molar-refractivity contribution in [1.29, 1.82) is 0 Å². The Kier molecular flexibility index (Phi) is 5.41. The van der Waals surface area contributed by atoms with E-state index < -0.39 is 22.6 Å². The molecule has 7 nitrogen and oxygen atoms in total. The highest BCUT2D eigenvalue weighted by Crippen LogP contribution is 2.27. The summed E-state index contributed by atoms with van der Waals surface area (Å²) in [6.07, 6.45) is 1.55. The van der Waals surface area contributed by atoms with Crippen LogP contribution >= 0.6 is 11.6 Å². The number of nitrogens with one attached hydrogen (secondary N) is 2. The van der Waals surface area contributed by atoms with Crippen LogP contribution < -0.4 is 4.72 Å². The third kappa shape index (κ3) is 4.58. The number of carbonyl (C=O) groups excluding carboxylic acids is 2. The second-order valence-corrected chi connectivity index (χ2v) is 8.62. The lowest BCUT2D eigenvalue weighted by atomic mass is 10.1. The Morgan fingerprint density at radius 1 is 1.26 bits per heavy atom. The molecule has 1 aromatic heterocycles. The van der Waals surface area contributed by atoms with E-state index in [0.717, 1.165) is 24.6 Å². The van der Waals surface area contributed by atoms with Crippen molar-refractivity contribution in [2.45, 2.75) is 37.6 Å². The Balaban J connectivity index is 1.72. The number of aryl methyl sites for hydroxylation is 2. The van der Waals surface area contributed by atoms with Gasteiger partial charge in [-0.05, 0) is 51.0 Å². The molecule has 1 aliphatic rings.